The van der Waals surface area contributed by atoms with Crippen molar-refractivity contribution in [3.05, 3.63) is 56.5 Å². The summed E-state index contributed by atoms with van der Waals surface area (Å²) in [6, 6.07) is 1.65. The van der Waals surface area contributed by atoms with Crippen molar-refractivity contribution in [2.24, 2.45) is 0 Å². The number of fused-ring (bicyclic) bond motifs is 1. The third kappa shape index (κ3) is 2.88. The molecule has 0 bridgehead atoms. The van der Waals surface area contributed by atoms with E-state index in [9.17, 15) is 9.59 Å². The maximum Gasteiger partial charge on any atom is 0.341 e. The Kier molecular flexibility index (Phi) is 3.98. The van der Waals surface area contributed by atoms with Crippen LogP contribution in [0.3, 0.4) is 0 Å². The van der Waals surface area contributed by atoms with Crippen LogP contribution in [0.5, 0.6) is 0 Å². The Bertz CT molecular complexity index is 840. The number of carbonyl (C=O) groups is 1. The summed E-state index contributed by atoms with van der Waals surface area (Å²) in [5.74, 6) is -0.473. The van der Waals surface area contributed by atoms with Crippen LogP contribution in [0, 0.1) is 13.8 Å². The van der Waals surface area contributed by atoms with Crippen LogP contribution in [-0.4, -0.2) is 25.6 Å². The Morgan fingerprint density at radius 2 is 2.09 bits per heavy atom. The Hall–Kier alpha value is -2.50. The number of carboxylic acids is 1. The molecule has 120 valence electrons. The van der Waals surface area contributed by atoms with E-state index in [1.165, 1.54) is 10.1 Å². The lowest BCUT2D eigenvalue weighted by atomic mass is 10.1. The van der Waals surface area contributed by atoms with Gasteiger partial charge in [0.1, 0.15) is 11.4 Å². The predicted molar refractivity (Wildman–Crippen MR) is 84.9 cm³/mol. The zero-order valence-electron chi connectivity index (χ0n) is 13.3. The molecule has 0 aliphatic heterocycles. The smallest absolute Gasteiger partial charge is 0.341 e. The van der Waals surface area contributed by atoms with Gasteiger partial charge in [-0.1, -0.05) is 0 Å². The summed E-state index contributed by atoms with van der Waals surface area (Å²) in [6.07, 6.45) is 5.29. The van der Waals surface area contributed by atoms with Gasteiger partial charge in [0.15, 0.2) is 0 Å². The van der Waals surface area contributed by atoms with Crippen LogP contribution in [0.15, 0.2) is 17.1 Å². The molecule has 3 rings (SSSR count). The highest BCUT2D eigenvalue weighted by molar-refractivity contribution is 5.88. The highest BCUT2D eigenvalue weighted by Gasteiger charge is 2.18. The second kappa shape index (κ2) is 5.95. The van der Waals surface area contributed by atoms with Gasteiger partial charge in [-0.05, 0) is 50.3 Å². The number of aryl methyl sites for hydroxylation is 5. The number of hydrogen-bond donors (Lipinski definition) is 1. The topological polar surface area (TPSA) is 85.1 Å². The number of rotatable bonds is 4. The van der Waals surface area contributed by atoms with Crippen molar-refractivity contribution < 1.29 is 9.90 Å². The van der Waals surface area contributed by atoms with Crippen LogP contribution >= 0.6 is 0 Å². The van der Waals surface area contributed by atoms with Crippen molar-refractivity contribution >= 4 is 5.97 Å². The second-order valence-corrected chi connectivity index (χ2v) is 5.93. The average Bonchev–Trinajstić information content (AvgIpc) is 2.95. The van der Waals surface area contributed by atoms with Crippen LogP contribution in [0.1, 0.15) is 45.1 Å². The molecule has 6 nitrogen and oxygen atoms in total. The second-order valence-electron chi connectivity index (χ2n) is 5.93. The van der Waals surface area contributed by atoms with E-state index in [0.717, 1.165) is 30.7 Å². The first-order chi connectivity index (χ1) is 11.0. The van der Waals surface area contributed by atoms with E-state index < -0.39 is 11.5 Å². The molecular weight excluding hydrogens is 294 g/mol. The van der Waals surface area contributed by atoms with E-state index >= 15 is 0 Å². The monoisotopic (exact) mass is 313 g/mol. The van der Waals surface area contributed by atoms with Crippen molar-refractivity contribution in [3.63, 3.8) is 0 Å². The molecule has 0 saturated heterocycles. The first kappa shape index (κ1) is 15.4. The number of pyridine rings is 1. The van der Waals surface area contributed by atoms with Gasteiger partial charge in [0.05, 0.1) is 0 Å². The summed E-state index contributed by atoms with van der Waals surface area (Å²) in [5.41, 5.74) is 3.23. The fourth-order valence-electron chi connectivity index (χ4n) is 3.12. The fourth-order valence-corrected chi connectivity index (χ4v) is 3.12. The van der Waals surface area contributed by atoms with Crippen molar-refractivity contribution in [2.75, 3.05) is 0 Å². The Labute approximate surface area is 133 Å². The highest BCUT2D eigenvalue weighted by atomic mass is 16.4. The minimum absolute atomic E-state index is 0.168. The summed E-state index contributed by atoms with van der Waals surface area (Å²) in [4.78, 5) is 32.6. The van der Waals surface area contributed by atoms with Gasteiger partial charge in [-0.2, -0.15) is 0 Å². The van der Waals surface area contributed by atoms with Gasteiger partial charge in [0.25, 0.3) is 5.56 Å². The molecule has 1 aliphatic carbocycles. The molecule has 0 spiro atoms. The van der Waals surface area contributed by atoms with Gasteiger partial charge >= 0.3 is 5.97 Å². The van der Waals surface area contributed by atoms with Gasteiger partial charge < -0.3 is 9.67 Å². The highest BCUT2D eigenvalue weighted by Crippen LogP contribution is 2.22. The summed E-state index contributed by atoms with van der Waals surface area (Å²) < 4.78 is 1.42. The number of carboxylic acid groups (broad SMARTS) is 1. The van der Waals surface area contributed by atoms with E-state index in [0.29, 0.717) is 24.4 Å². The lowest BCUT2D eigenvalue weighted by Crippen LogP contribution is -2.28. The minimum Gasteiger partial charge on any atom is -0.477 e. The number of hydrogen-bond acceptors (Lipinski definition) is 4. The lowest BCUT2D eigenvalue weighted by molar-refractivity contribution is 0.0693. The first-order valence-electron chi connectivity index (χ1n) is 7.76. The van der Waals surface area contributed by atoms with Gasteiger partial charge in [-0.15, -0.1) is 0 Å². The average molecular weight is 313 g/mol. The molecule has 1 aliphatic rings. The van der Waals surface area contributed by atoms with E-state index in [1.807, 2.05) is 6.92 Å². The predicted octanol–water partition coefficient (Wildman–Crippen LogP) is 1.68. The van der Waals surface area contributed by atoms with Gasteiger partial charge in [0.2, 0.25) is 0 Å². The SMILES string of the molecule is Cc1ccn(CCc2nc(C)c3c(n2)CCC3)c(=O)c1C(=O)O. The summed E-state index contributed by atoms with van der Waals surface area (Å²) >= 11 is 0. The zero-order valence-corrected chi connectivity index (χ0v) is 13.3. The van der Waals surface area contributed by atoms with E-state index in [-0.39, 0.29) is 5.56 Å². The van der Waals surface area contributed by atoms with Crippen LogP contribution in [0.2, 0.25) is 0 Å². The van der Waals surface area contributed by atoms with Gasteiger partial charge in [0, 0.05) is 30.6 Å². The van der Waals surface area contributed by atoms with Gasteiger partial charge in [-0.25, -0.2) is 14.8 Å². The van der Waals surface area contributed by atoms with Crippen LogP contribution in [-0.2, 0) is 25.8 Å². The number of aromatic carboxylic acids is 1. The van der Waals surface area contributed by atoms with Gasteiger partial charge in [-0.3, -0.25) is 4.79 Å². The van der Waals surface area contributed by atoms with Crippen LogP contribution < -0.4 is 5.56 Å². The fraction of sp³-hybridized carbons (Fsp3) is 0.412. The standard InChI is InChI=1S/C17H19N3O3/c1-10-6-8-20(16(21)15(10)17(22)23)9-7-14-18-11(2)12-4-3-5-13(12)19-14/h6,8H,3-5,7,9H2,1-2H3,(H,22,23). The first-order valence-corrected chi connectivity index (χ1v) is 7.76. The van der Waals surface area contributed by atoms with Crippen molar-refractivity contribution in [1.29, 1.82) is 0 Å². The molecule has 0 unspecified atom stereocenters. The van der Waals surface area contributed by atoms with E-state index in [1.54, 1.807) is 19.2 Å². The summed E-state index contributed by atoms with van der Waals surface area (Å²) in [7, 11) is 0. The molecule has 0 aromatic carbocycles. The summed E-state index contributed by atoms with van der Waals surface area (Å²) in [6.45, 7) is 4.00. The normalized spacial score (nSPS) is 13.1. The molecule has 2 heterocycles. The molecule has 0 radical (unpaired) electrons. The number of nitrogens with zero attached hydrogens (tertiary/aromatic N) is 3. The number of aromatic nitrogens is 3. The molecule has 0 saturated carbocycles. The summed E-state index contributed by atoms with van der Waals surface area (Å²) in [5, 5.41) is 9.16. The molecule has 2 aromatic heterocycles. The van der Waals surface area contributed by atoms with Crippen LogP contribution in [0.4, 0.5) is 0 Å². The molecule has 0 amide bonds. The third-order valence-corrected chi connectivity index (χ3v) is 4.35. The zero-order chi connectivity index (χ0) is 16.6. The lowest BCUT2D eigenvalue weighted by Gasteiger charge is -2.10. The molecule has 23 heavy (non-hydrogen) atoms. The molecule has 0 atom stereocenters. The largest absolute Gasteiger partial charge is 0.477 e. The Balaban J connectivity index is 1.85. The van der Waals surface area contributed by atoms with Crippen molar-refractivity contribution in [3.8, 4) is 0 Å². The van der Waals surface area contributed by atoms with E-state index in [2.05, 4.69) is 9.97 Å². The quantitative estimate of drug-likeness (QED) is 0.928. The Morgan fingerprint density at radius 3 is 2.83 bits per heavy atom. The molecule has 2 aromatic rings. The van der Waals surface area contributed by atoms with Crippen LogP contribution in [0.25, 0.3) is 0 Å². The minimum atomic E-state index is -1.19. The maximum absolute atomic E-state index is 12.2. The molecule has 0 fully saturated rings. The molecular formula is C17H19N3O3. The van der Waals surface area contributed by atoms with Crippen molar-refractivity contribution in [1.82, 2.24) is 14.5 Å². The van der Waals surface area contributed by atoms with Crippen molar-refractivity contribution in [2.45, 2.75) is 46.1 Å². The maximum atomic E-state index is 12.2. The third-order valence-electron chi connectivity index (χ3n) is 4.35. The molecule has 6 heteroatoms. The molecule has 1 N–H and O–H groups in total. The van der Waals surface area contributed by atoms with E-state index in [4.69, 9.17) is 5.11 Å². The Morgan fingerprint density at radius 1 is 1.30 bits per heavy atom.